The lowest BCUT2D eigenvalue weighted by molar-refractivity contribution is 0.241. The van der Waals surface area contributed by atoms with E-state index in [1.54, 1.807) is 6.20 Å². The normalized spacial score (nSPS) is 10.1. The Hall–Kier alpha value is -2.36. The summed E-state index contributed by atoms with van der Waals surface area (Å²) in [6.45, 7) is 1.31. The first-order valence-electron chi connectivity index (χ1n) is 7.29. The van der Waals surface area contributed by atoms with Crippen LogP contribution in [0.25, 0.3) is 0 Å². The van der Waals surface area contributed by atoms with Gasteiger partial charge in [-0.1, -0.05) is 36.4 Å². The highest BCUT2D eigenvalue weighted by molar-refractivity contribution is 5.73. The van der Waals surface area contributed by atoms with E-state index in [-0.39, 0.29) is 6.03 Å². The van der Waals surface area contributed by atoms with E-state index in [2.05, 4.69) is 27.8 Å². The fourth-order valence-corrected chi connectivity index (χ4v) is 2.07. The highest BCUT2D eigenvalue weighted by atomic mass is 16.2. The Morgan fingerprint density at radius 2 is 1.67 bits per heavy atom. The molecule has 0 fully saturated rings. The van der Waals surface area contributed by atoms with Gasteiger partial charge in [0.05, 0.1) is 0 Å². The molecule has 0 aliphatic heterocycles. The number of hydrogen-bond acceptors (Lipinski definition) is 2. The van der Waals surface area contributed by atoms with E-state index in [9.17, 15) is 4.79 Å². The number of urea groups is 1. The van der Waals surface area contributed by atoms with Crippen LogP contribution in [0.4, 0.5) is 4.79 Å². The zero-order chi connectivity index (χ0) is 14.8. The molecule has 0 saturated carbocycles. The predicted octanol–water partition coefficient (Wildman–Crippen LogP) is 2.56. The molecule has 0 aliphatic carbocycles. The molecule has 1 aromatic carbocycles. The number of rotatable bonds is 7. The molecular weight excluding hydrogens is 262 g/mol. The number of carbonyl (C=O) groups excluding carboxylic acids is 1. The first-order chi connectivity index (χ1) is 10.3. The molecule has 0 unspecified atom stereocenters. The smallest absolute Gasteiger partial charge is 0.314 e. The lowest BCUT2D eigenvalue weighted by Crippen LogP contribution is -2.37. The average Bonchev–Trinajstić information content (AvgIpc) is 2.54. The third-order valence-electron chi connectivity index (χ3n) is 3.19. The van der Waals surface area contributed by atoms with Gasteiger partial charge >= 0.3 is 6.03 Å². The Morgan fingerprint density at radius 1 is 0.905 bits per heavy atom. The van der Waals surface area contributed by atoms with Crippen molar-refractivity contribution in [2.45, 2.75) is 19.3 Å². The Kier molecular flexibility index (Phi) is 6.26. The topological polar surface area (TPSA) is 54.0 Å². The summed E-state index contributed by atoms with van der Waals surface area (Å²) >= 11 is 0. The van der Waals surface area contributed by atoms with Gasteiger partial charge < -0.3 is 10.6 Å². The molecule has 0 spiro atoms. The molecular formula is C17H21N3O. The molecule has 0 bridgehead atoms. The first kappa shape index (κ1) is 15.0. The van der Waals surface area contributed by atoms with Crippen LogP contribution in [0.3, 0.4) is 0 Å². The lowest BCUT2D eigenvalue weighted by atomic mass is 10.1. The number of aryl methyl sites for hydroxylation is 1. The molecule has 0 radical (unpaired) electrons. The van der Waals surface area contributed by atoms with Gasteiger partial charge in [-0.3, -0.25) is 4.98 Å². The van der Waals surface area contributed by atoms with E-state index < -0.39 is 0 Å². The molecule has 0 aliphatic rings. The number of pyridine rings is 1. The first-order valence-corrected chi connectivity index (χ1v) is 7.29. The minimum Gasteiger partial charge on any atom is -0.338 e. The summed E-state index contributed by atoms with van der Waals surface area (Å²) in [5.41, 5.74) is 2.43. The summed E-state index contributed by atoms with van der Waals surface area (Å²) in [6, 6.07) is 14.1. The van der Waals surface area contributed by atoms with Gasteiger partial charge in [-0.25, -0.2) is 4.79 Å². The van der Waals surface area contributed by atoms with E-state index in [1.165, 1.54) is 5.56 Å². The van der Waals surface area contributed by atoms with E-state index in [4.69, 9.17) is 0 Å². The molecule has 4 nitrogen and oxygen atoms in total. The second-order valence-electron chi connectivity index (χ2n) is 4.88. The molecule has 1 heterocycles. The molecule has 2 rings (SSSR count). The summed E-state index contributed by atoms with van der Waals surface area (Å²) in [6.07, 6.45) is 6.29. The van der Waals surface area contributed by atoms with Gasteiger partial charge in [0.15, 0.2) is 0 Å². The van der Waals surface area contributed by atoms with Crippen molar-refractivity contribution in [1.29, 1.82) is 0 Å². The molecule has 0 atom stereocenters. The Morgan fingerprint density at radius 3 is 2.43 bits per heavy atom. The van der Waals surface area contributed by atoms with Gasteiger partial charge in [-0.2, -0.15) is 0 Å². The second kappa shape index (κ2) is 8.74. The quantitative estimate of drug-likeness (QED) is 0.767. The van der Waals surface area contributed by atoms with E-state index in [0.29, 0.717) is 13.1 Å². The second-order valence-corrected chi connectivity index (χ2v) is 4.88. The minimum absolute atomic E-state index is 0.105. The zero-order valence-electron chi connectivity index (χ0n) is 12.1. The maximum absolute atomic E-state index is 11.6. The third kappa shape index (κ3) is 6.08. The number of benzene rings is 1. The van der Waals surface area contributed by atoms with Gasteiger partial charge in [0.25, 0.3) is 0 Å². The van der Waals surface area contributed by atoms with Crippen LogP contribution in [0.2, 0.25) is 0 Å². The largest absolute Gasteiger partial charge is 0.338 e. The summed E-state index contributed by atoms with van der Waals surface area (Å²) in [7, 11) is 0. The van der Waals surface area contributed by atoms with Gasteiger partial charge in [-0.15, -0.1) is 0 Å². The van der Waals surface area contributed by atoms with Gasteiger partial charge in [0.2, 0.25) is 0 Å². The van der Waals surface area contributed by atoms with E-state index in [1.807, 2.05) is 36.5 Å². The highest BCUT2D eigenvalue weighted by Gasteiger charge is 1.99. The fraction of sp³-hybridized carbons (Fsp3) is 0.294. The Balaban J connectivity index is 1.54. The molecule has 2 aromatic rings. The van der Waals surface area contributed by atoms with Crippen molar-refractivity contribution in [2.75, 3.05) is 13.1 Å². The van der Waals surface area contributed by atoms with Crippen LogP contribution < -0.4 is 10.6 Å². The number of aromatic nitrogens is 1. The average molecular weight is 283 g/mol. The molecule has 0 saturated heterocycles. The summed E-state index contributed by atoms with van der Waals surface area (Å²) in [4.78, 5) is 15.7. The lowest BCUT2D eigenvalue weighted by Gasteiger charge is -2.07. The van der Waals surface area contributed by atoms with Crippen molar-refractivity contribution < 1.29 is 4.79 Å². The summed E-state index contributed by atoms with van der Waals surface area (Å²) in [5.74, 6) is 0. The van der Waals surface area contributed by atoms with Crippen LogP contribution in [-0.2, 0) is 12.8 Å². The monoisotopic (exact) mass is 283 g/mol. The van der Waals surface area contributed by atoms with Gasteiger partial charge in [-0.05, 0) is 36.5 Å². The third-order valence-corrected chi connectivity index (χ3v) is 3.19. The number of nitrogens with one attached hydrogen (secondary N) is 2. The van der Waals surface area contributed by atoms with Crippen molar-refractivity contribution in [1.82, 2.24) is 15.6 Å². The van der Waals surface area contributed by atoms with Crippen molar-refractivity contribution in [3.63, 3.8) is 0 Å². The van der Waals surface area contributed by atoms with Crippen molar-refractivity contribution in [3.8, 4) is 0 Å². The molecule has 1 aromatic heterocycles. The highest BCUT2D eigenvalue weighted by Crippen LogP contribution is 2.01. The number of nitrogens with zero attached hydrogens (tertiary/aromatic N) is 1. The van der Waals surface area contributed by atoms with Crippen LogP contribution in [0, 0.1) is 0 Å². The van der Waals surface area contributed by atoms with Crippen LogP contribution in [0.5, 0.6) is 0 Å². The summed E-state index contributed by atoms with van der Waals surface area (Å²) in [5, 5.41) is 5.73. The van der Waals surface area contributed by atoms with Crippen LogP contribution in [0.1, 0.15) is 17.5 Å². The maximum atomic E-state index is 11.6. The van der Waals surface area contributed by atoms with E-state index in [0.717, 1.165) is 24.8 Å². The number of amides is 2. The van der Waals surface area contributed by atoms with Crippen LogP contribution in [-0.4, -0.2) is 24.1 Å². The number of carbonyl (C=O) groups is 1. The van der Waals surface area contributed by atoms with Crippen LogP contribution >= 0.6 is 0 Å². The molecule has 2 N–H and O–H groups in total. The molecule has 21 heavy (non-hydrogen) atoms. The van der Waals surface area contributed by atoms with Crippen molar-refractivity contribution in [2.24, 2.45) is 0 Å². The Labute approximate surface area is 125 Å². The molecule has 4 heteroatoms. The minimum atomic E-state index is -0.105. The zero-order valence-corrected chi connectivity index (χ0v) is 12.1. The molecule has 110 valence electrons. The predicted molar refractivity (Wildman–Crippen MR) is 84.1 cm³/mol. The summed E-state index contributed by atoms with van der Waals surface area (Å²) < 4.78 is 0. The van der Waals surface area contributed by atoms with E-state index >= 15 is 0 Å². The molecule has 2 amide bonds. The Bertz CT molecular complexity index is 528. The van der Waals surface area contributed by atoms with Gasteiger partial charge in [0.1, 0.15) is 0 Å². The van der Waals surface area contributed by atoms with Gasteiger partial charge in [0, 0.05) is 25.5 Å². The SMILES string of the molecule is O=C(NCCCc1ccccc1)NCCc1cccnc1. The van der Waals surface area contributed by atoms with Crippen molar-refractivity contribution in [3.05, 3.63) is 66.0 Å². The van der Waals surface area contributed by atoms with Crippen LogP contribution in [0.15, 0.2) is 54.9 Å². The number of hydrogen-bond donors (Lipinski definition) is 2. The fourth-order valence-electron chi connectivity index (χ4n) is 2.07. The van der Waals surface area contributed by atoms with Crippen molar-refractivity contribution >= 4 is 6.03 Å². The standard InChI is InChI=1S/C17H21N3O/c21-17(20-13-10-16-9-4-11-18-14-16)19-12-5-8-15-6-2-1-3-7-15/h1-4,6-7,9,11,14H,5,8,10,12-13H2,(H2,19,20,21). The maximum Gasteiger partial charge on any atom is 0.314 e.